The summed E-state index contributed by atoms with van der Waals surface area (Å²) in [6, 6.07) is 7.55. The number of ether oxygens (including phenoxy) is 1. The molecule has 0 bridgehead atoms. The van der Waals surface area contributed by atoms with Gasteiger partial charge >= 0.3 is 0 Å². The molecule has 1 aromatic heterocycles. The lowest BCUT2D eigenvalue weighted by molar-refractivity contribution is 0.0962. The standard InChI is InChI=1S/C14H18ClN3O2/c1-3-19-9-14(2,16)13-17-12(20-18-13)8-10-6-4-5-7-11(10)15/h4-7H,3,8-9,16H2,1-2H3. The molecule has 6 heteroatoms. The van der Waals surface area contributed by atoms with Crippen molar-refractivity contribution in [1.29, 1.82) is 0 Å². The van der Waals surface area contributed by atoms with Gasteiger partial charge in [0.15, 0.2) is 5.82 Å². The van der Waals surface area contributed by atoms with Crippen molar-refractivity contribution in [3.63, 3.8) is 0 Å². The van der Waals surface area contributed by atoms with Crippen molar-refractivity contribution in [2.45, 2.75) is 25.8 Å². The molecule has 0 aliphatic carbocycles. The van der Waals surface area contributed by atoms with Crippen molar-refractivity contribution in [2.75, 3.05) is 13.2 Å². The summed E-state index contributed by atoms with van der Waals surface area (Å²) >= 11 is 6.10. The van der Waals surface area contributed by atoms with Gasteiger partial charge in [0.25, 0.3) is 0 Å². The van der Waals surface area contributed by atoms with Crippen LogP contribution >= 0.6 is 11.6 Å². The highest BCUT2D eigenvalue weighted by atomic mass is 35.5. The molecule has 1 unspecified atom stereocenters. The quantitative estimate of drug-likeness (QED) is 0.886. The van der Waals surface area contributed by atoms with Gasteiger partial charge in [-0.25, -0.2) is 0 Å². The van der Waals surface area contributed by atoms with Crippen molar-refractivity contribution < 1.29 is 9.26 Å². The number of rotatable bonds is 6. The average molecular weight is 296 g/mol. The second-order valence-electron chi connectivity index (χ2n) is 4.83. The summed E-state index contributed by atoms with van der Waals surface area (Å²) in [5.74, 6) is 0.925. The molecule has 2 aromatic rings. The van der Waals surface area contributed by atoms with E-state index in [0.717, 1.165) is 5.56 Å². The molecule has 0 aliphatic rings. The first-order valence-electron chi connectivity index (χ1n) is 6.46. The lowest BCUT2D eigenvalue weighted by Crippen LogP contribution is -2.39. The molecule has 0 amide bonds. The molecular formula is C14H18ClN3O2. The van der Waals surface area contributed by atoms with Gasteiger partial charge in [-0.2, -0.15) is 4.98 Å². The predicted molar refractivity (Wildman–Crippen MR) is 76.6 cm³/mol. The highest BCUT2D eigenvalue weighted by molar-refractivity contribution is 6.31. The number of halogens is 1. The maximum absolute atomic E-state index is 6.12. The maximum atomic E-state index is 6.12. The molecule has 20 heavy (non-hydrogen) atoms. The monoisotopic (exact) mass is 295 g/mol. The zero-order valence-corrected chi connectivity index (χ0v) is 12.4. The first kappa shape index (κ1) is 15.0. The van der Waals surface area contributed by atoms with Crippen LogP contribution in [0.2, 0.25) is 5.02 Å². The lowest BCUT2D eigenvalue weighted by Gasteiger charge is -2.19. The van der Waals surface area contributed by atoms with Crippen LogP contribution in [-0.2, 0) is 16.7 Å². The van der Waals surface area contributed by atoms with Gasteiger partial charge in [-0.15, -0.1) is 0 Å². The molecule has 0 radical (unpaired) electrons. The van der Waals surface area contributed by atoms with E-state index >= 15 is 0 Å². The van der Waals surface area contributed by atoms with Crippen LogP contribution in [0.15, 0.2) is 28.8 Å². The summed E-state index contributed by atoms with van der Waals surface area (Å²) in [5, 5.41) is 4.61. The van der Waals surface area contributed by atoms with Crippen LogP contribution in [0.4, 0.5) is 0 Å². The molecule has 0 saturated carbocycles. The summed E-state index contributed by atoms with van der Waals surface area (Å²) in [4.78, 5) is 4.33. The van der Waals surface area contributed by atoms with Crippen LogP contribution in [0.1, 0.15) is 31.1 Å². The maximum Gasteiger partial charge on any atom is 0.231 e. The topological polar surface area (TPSA) is 74.2 Å². The van der Waals surface area contributed by atoms with Crippen LogP contribution in [0.5, 0.6) is 0 Å². The van der Waals surface area contributed by atoms with Crippen LogP contribution in [0.25, 0.3) is 0 Å². The van der Waals surface area contributed by atoms with E-state index in [1.807, 2.05) is 38.1 Å². The average Bonchev–Trinajstić information content (AvgIpc) is 2.89. The van der Waals surface area contributed by atoms with Gasteiger partial charge in [0.05, 0.1) is 13.0 Å². The Kier molecular flexibility index (Phi) is 4.75. The molecule has 1 atom stereocenters. The van der Waals surface area contributed by atoms with Gasteiger partial charge in [0.1, 0.15) is 5.54 Å². The molecule has 2 rings (SSSR count). The summed E-state index contributed by atoms with van der Waals surface area (Å²) in [6.45, 7) is 4.66. The van der Waals surface area contributed by atoms with E-state index in [2.05, 4.69) is 10.1 Å². The molecular weight excluding hydrogens is 278 g/mol. The third kappa shape index (κ3) is 3.56. The van der Waals surface area contributed by atoms with Crippen molar-refractivity contribution in [3.8, 4) is 0 Å². The fourth-order valence-corrected chi connectivity index (χ4v) is 1.94. The molecule has 0 saturated heterocycles. The Morgan fingerprint density at radius 1 is 1.40 bits per heavy atom. The Bertz CT molecular complexity index is 569. The zero-order chi connectivity index (χ0) is 14.6. The Labute approximate surface area is 123 Å². The van der Waals surface area contributed by atoms with Gasteiger partial charge in [-0.05, 0) is 25.5 Å². The third-order valence-electron chi connectivity index (χ3n) is 2.88. The normalized spacial score (nSPS) is 14.2. The van der Waals surface area contributed by atoms with Crippen LogP contribution < -0.4 is 5.73 Å². The number of aromatic nitrogens is 2. The summed E-state index contributed by atoms with van der Waals surface area (Å²) in [7, 11) is 0. The van der Waals surface area contributed by atoms with Crippen molar-refractivity contribution in [1.82, 2.24) is 10.1 Å². The SMILES string of the molecule is CCOCC(C)(N)c1noc(Cc2ccccc2Cl)n1. The molecule has 0 spiro atoms. The van der Waals surface area contributed by atoms with E-state index in [1.54, 1.807) is 0 Å². The van der Waals surface area contributed by atoms with Crippen LogP contribution in [0, 0.1) is 0 Å². The minimum Gasteiger partial charge on any atom is -0.379 e. The minimum absolute atomic E-state index is 0.342. The fourth-order valence-electron chi connectivity index (χ4n) is 1.74. The predicted octanol–water partition coefficient (Wildman–Crippen LogP) is 2.52. The summed E-state index contributed by atoms with van der Waals surface area (Å²) < 4.78 is 10.6. The van der Waals surface area contributed by atoms with Gasteiger partial charge in [-0.1, -0.05) is 35.0 Å². The van der Waals surface area contributed by atoms with E-state index in [-0.39, 0.29) is 0 Å². The van der Waals surface area contributed by atoms with E-state index in [9.17, 15) is 0 Å². The third-order valence-corrected chi connectivity index (χ3v) is 3.25. The zero-order valence-electron chi connectivity index (χ0n) is 11.6. The first-order valence-corrected chi connectivity index (χ1v) is 6.84. The fraction of sp³-hybridized carbons (Fsp3) is 0.429. The van der Waals surface area contributed by atoms with Crippen molar-refractivity contribution in [2.24, 2.45) is 5.73 Å². The van der Waals surface area contributed by atoms with Crippen LogP contribution in [0.3, 0.4) is 0 Å². The van der Waals surface area contributed by atoms with E-state index < -0.39 is 5.54 Å². The summed E-state index contributed by atoms with van der Waals surface area (Å²) in [5.41, 5.74) is 6.30. The molecule has 108 valence electrons. The van der Waals surface area contributed by atoms with E-state index in [4.69, 9.17) is 26.6 Å². The Balaban J connectivity index is 2.11. The Morgan fingerprint density at radius 2 is 2.15 bits per heavy atom. The van der Waals surface area contributed by atoms with Crippen LogP contribution in [-0.4, -0.2) is 23.4 Å². The van der Waals surface area contributed by atoms with Gasteiger partial charge < -0.3 is 15.0 Å². The number of hydrogen-bond acceptors (Lipinski definition) is 5. The van der Waals surface area contributed by atoms with E-state index in [1.165, 1.54) is 0 Å². The number of nitrogens with two attached hydrogens (primary N) is 1. The second kappa shape index (κ2) is 6.35. The minimum atomic E-state index is -0.766. The molecule has 5 nitrogen and oxygen atoms in total. The number of benzene rings is 1. The molecule has 2 N–H and O–H groups in total. The van der Waals surface area contributed by atoms with Gasteiger partial charge in [0, 0.05) is 11.6 Å². The molecule has 1 heterocycles. The molecule has 0 fully saturated rings. The highest BCUT2D eigenvalue weighted by Gasteiger charge is 2.27. The van der Waals surface area contributed by atoms with Gasteiger partial charge in [0.2, 0.25) is 5.89 Å². The number of nitrogens with zero attached hydrogens (tertiary/aromatic N) is 2. The molecule has 0 aliphatic heterocycles. The first-order chi connectivity index (χ1) is 9.53. The van der Waals surface area contributed by atoms with Crippen molar-refractivity contribution in [3.05, 3.63) is 46.6 Å². The summed E-state index contributed by atoms with van der Waals surface area (Å²) in [6.07, 6.45) is 0.484. The van der Waals surface area contributed by atoms with Crippen molar-refractivity contribution >= 4 is 11.6 Å². The number of hydrogen-bond donors (Lipinski definition) is 1. The van der Waals surface area contributed by atoms with Gasteiger partial charge in [-0.3, -0.25) is 0 Å². The Morgan fingerprint density at radius 3 is 2.85 bits per heavy atom. The smallest absolute Gasteiger partial charge is 0.231 e. The molecule has 1 aromatic carbocycles. The highest BCUT2D eigenvalue weighted by Crippen LogP contribution is 2.20. The second-order valence-corrected chi connectivity index (χ2v) is 5.24. The Hall–Kier alpha value is -1.43. The van der Waals surface area contributed by atoms with E-state index in [0.29, 0.717) is 36.4 Å². The largest absolute Gasteiger partial charge is 0.379 e. The lowest BCUT2D eigenvalue weighted by atomic mass is 10.1.